The summed E-state index contributed by atoms with van der Waals surface area (Å²) in [4.78, 5) is 10.9. The summed E-state index contributed by atoms with van der Waals surface area (Å²) in [7, 11) is 0. The van der Waals surface area contributed by atoms with Gasteiger partial charge in [-0.25, -0.2) is 8.78 Å². The van der Waals surface area contributed by atoms with Gasteiger partial charge in [-0.3, -0.25) is 4.79 Å². The normalized spacial score (nSPS) is 23.1. The Kier molecular flexibility index (Phi) is 4.47. The highest BCUT2D eigenvalue weighted by Gasteiger charge is 2.25. The molecule has 2 unspecified atom stereocenters. The first-order valence-electron chi connectivity index (χ1n) is 6.39. The summed E-state index contributed by atoms with van der Waals surface area (Å²) in [5, 5.41) is 3.20. The van der Waals surface area contributed by atoms with E-state index in [-0.39, 0.29) is 30.1 Å². The zero-order valence-corrected chi connectivity index (χ0v) is 10.8. The lowest BCUT2D eigenvalue weighted by atomic mass is 9.95. The Bertz CT molecular complexity index is 445. The predicted molar refractivity (Wildman–Crippen MR) is 66.6 cm³/mol. The highest BCUT2D eigenvalue weighted by atomic mass is 19.1. The van der Waals surface area contributed by atoms with Gasteiger partial charge in [0.15, 0.2) is 0 Å². The molecule has 0 aliphatic carbocycles. The second kappa shape index (κ2) is 6.10. The number of ether oxygens (including phenoxy) is 1. The lowest BCUT2D eigenvalue weighted by Crippen LogP contribution is -2.43. The second-order valence-electron chi connectivity index (χ2n) is 4.81. The standard InChI is InChI=1S/C14H17F2NO2/c1-9(18)19-11-5-6-17-10(7-11)8-12-13(15)3-2-4-14(12)16/h2-4,10-11,17H,5-8H2,1H3. The summed E-state index contributed by atoms with van der Waals surface area (Å²) < 4.78 is 32.3. The first-order valence-corrected chi connectivity index (χ1v) is 6.39. The van der Waals surface area contributed by atoms with E-state index >= 15 is 0 Å². The van der Waals surface area contributed by atoms with E-state index in [0.717, 1.165) is 6.42 Å². The molecule has 2 rings (SSSR count). The van der Waals surface area contributed by atoms with Gasteiger partial charge in [0.05, 0.1) is 0 Å². The number of nitrogens with one attached hydrogen (secondary N) is 1. The van der Waals surface area contributed by atoms with E-state index < -0.39 is 11.6 Å². The molecule has 5 heteroatoms. The molecule has 1 aromatic rings. The minimum Gasteiger partial charge on any atom is -0.462 e. The van der Waals surface area contributed by atoms with Gasteiger partial charge in [-0.2, -0.15) is 0 Å². The van der Waals surface area contributed by atoms with Gasteiger partial charge in [-0.05, 0) is 31.5 Å². The van der Waals surface area contributed by atoms with Crippen molar-refractivity contribution < 1.29 is 18.3 Å². The van der Waals surface area contributed by atoms with Crippen molar-refractivity contribution in [3.8, 4) is 0 Å². The maximum atomic E-state index is 13.6. The molecule has 0 aromatic heterocycles. The Morgan fingerprint density at radius 1 is 1.42 bits per heavy atom. The lowest BCUT2D eigenvalue weighted by Gasteiger charge is -2.30. The van der Waals surface area contributed by atoms with Crippen LogP contribution in [0.5, 0.6) is 0 Å². The van der Waals surface area contributed by atoms with Crippen molar-refractivity contribution in [2.45, 2.75) is 38.3 Å². The fraction of sp³-hybridized carbons (Fsp3) is 0.500. The van der Waals surface area contributed by atoms with Crippen molar-refractivity contribution in [2.24, 2.45) is 0 Å². The van der Waals surface area contributed by atoms with Crippen LogP contribution in [0.15, 0.2) is 18.2 Å². The number of rotatable bonds is 3. The third kappa shape index (κ3) is 3.73. The molecule has 1 N–H and O–H groups in total. The number of esters is 1. The molecule has 0 radical (unpaired) electrons. The van der Waals surface area contributed by atoms with Gasteiger partial charge in [-0.15, -0.1) is 0 Å². The number of halogens is 2. The van der Waals surface area contributed by atoms with E-state index in [1.54, 1.807) is 0 Å². The molecule has 1 aliphatic rings. The SMILES string of the molecule is CC(=O)OC1CCNC(Cc2c(F)cccc2F)C1. The Morgan fingerprint density at radius 2 is 2.11 bits per heavy atom. The lowest BCUT2D eigenvalue weighted by molar-refractivity contribution is -0.147. The Morgan fingerprint density at radius 3 is 2.74 bits per heavy atom. The van der Waals surface area contributed by atoms with E-state index in [0.29, 0.717) is 13.0 Å². The van der Waals surface area contributed by atoms with Crippen LogP contribution in [0, 0.1) is 11.6 Å². The fourth-order valence-corrected chi connectivity index (χ4v) is 2.44. The molecule has 0 saturated carbocycles. The van der Waals surface area contributed by atoms with E-state index in [2.05, 4.69) is 5.32 Å². The van der Waals surface area contributed by atoms with Crippen LogP contribution in [0.4, 0.5) is 8.78 Å². The highest BCUT2D eigenvalue weighted by Crippen LogP contribution is 2.20. The quantitative estimate of drug-likeness (QED) is 0.855. The van der Waals surface area contributed by atoms with Crippen molar-refractivity contribution >= 4 is 5.97 Å². The number of benzene rings is 1. The van der Waals surface area contributed by atoms with Crippen LogP contribution in [0.1, 0.15) is 25.3 Å². The first kappa shape index (κ1) is 13.9. The van der Waals surface area contributed by atoms with Crippen LogP contribution in [0.2, 0.25) is 0 Å². The second-order valence-corrected chi connectivity index (χ2v) is 4.81. The molecule has 1 saturated heterocycles. The van der Waals surface area contributed by atoms with Crippen molar-refractivity contribution in [3.05, 3.63) is 35.4 Å². The van der Waals surface area contributed by atoms with Gasteiger partial charge < -0.3 is 10.1 Å². The zero-order chi connectivity index (χ0) is 13.8. The molecule has 19 heavy (non-hydrogen) atoms. The van der Waals surface area contributed by atoms with Gasteiger partial charge >= 0.3 is 5.97 Å². The molecule has 2 atom stereocenters. The molecule has 0 bridgehead atoms. The summed E-state index contributed by atoms with van der Waals surface area (Å²) in [6.07, 6.45) is 1.40. The van der Waals surface area contributed by atoms with Crippen LogP contribution < -0.4 is 5.32 Å². The molecule has 0 amide bonds. The van der Waals surface area contributed by atoms with Crippen molar-refractivity contribution in [2.75, 3.05) is 6.54 Å². The minimum absolute atomic E-state index is 0.0792. The average molecular weight is 269 g/mol. The molecule has 1 aliphatic heterocycles. The Balaban J connectivity index is 2.01. The van der Waals surface area contributed by atoms with E-state index in [4.69, 9.17) is 4.74 Å². The molecular weight excluding hydrogens is 252 g/mol. The molecule has 1 heterocycles. The molecule has 104 valence electrons. The van der Waals surface area contributed by atoms with Gasteiger partial charge in [0.1, 0.15) is 17.7 Å². The predicted octanol–water partition coefficient (Wildman–Crippen LogP) is 2.19. The van der Waals surface area contributed by atoms with Crippen molar-refractivity contribution in [1.82, 2.24) is 5.32 Å². The van der Waals surface area contributed by atoms with Crippen LogP contribution in [0.3, 0.4) is 0 Å². The largest absolute Gasteiger partial charge is 0.462 e. The topological polar surface area (TPSA) is 38.3 Å². The van der Waals surface area contributed by atoms with Gasteiger partial charge in [-0.1, -0.05) is 6.07 Å². The third-order valence-electron chi connectivity index (χ3n) is 3.29. The Labute approximate surface area is 111 Å². The molecule has 1 aromatic carbocycles. The monoisotopic (exact) mass is 269 g/mol. The Hall–Kier alpha value is -1.49. The molecule has 3 nitrogen and oxygen atoms in total. The van der Waals surface area contributed by atoms with Crippen LogP contribution in [-0.4, -0.2) is 24.7 Å². The highest BCUT2D eigenvalue weighted by molar-refractivity contribution is 5.66. The van der Waals surface area contributed by atoms with Crippen LogP contribution in [0.25, 0.3) is 0 Å². The summed E-state index contributed by atoms with van der Waals surface area (Å²) in [6, 6.07) is 3.78. The van der Waals surface area contributed by atoms with Gasteiger partial charge in [0.25, 0.3) is 0 Å². The van der Waals surface area contributed by atoms with E-state index in [1.165, 1.54) is 25.1 Å². The van der Waals surface area contributed by atoms with Crippen molar-refractivity contribution in [1.29, 1.82) is 0 Å². The number of hydrogen-bond donors (Lipinski definition) is 1. The molecule has 1 fully saturated rings. The smallest absolute Gasteiger partial charge is 0.302 e. The summed E-state index contributed by atoms with van der Waals surface area (Å²) in [5.41, 5.74) is 0.0866. The van der Waals surface area contributed by atoms with Crippen molar-refractivity contribution in [3.63, 3.8) is 0 Å². The first-order chi connectivity index (χ1) is 9.06. The maximum absolute atomic E-state index is 13.6. The van der Waals surface area contributed by atoms with E-state index in [1.807, 2.05) is 0 Å². The number of hydrogen-bond acceptors (Lipinski definition) is 3. The third-order valence-corrected chi connectivity index (χ3v) is 3.29. The molecule has 0 spiro atoms. The van der Waals surface area contributed by atoms with Gasteiger partial charge in [0, 0.05) is 24.9 Å². The fourth-order valence-electron chi connectivity index (χ4n) is 2.44. The molecular formula is C14H17F2NO2. The van der Waals surface area contributed by atoms with E-state index in [9.17, 15) is 13.6 Å². The van der Waals surface area contributed by atoms with Crippen LogP contribution in [-0.2, 0) is 16.0 Å². The number of piperidine rings is 1. The maximum Gasteiger partial charge on any atom is 0.302 e. The summed E-state index contributed by atoms with van der Waals surface area (Å²) >= 11 is 0. The van der Waals surface area contributed by atoms with Crippen LogP contribution >= 0.6 is 0 Å². The number of carbonyl (C=O) groups is 1. The average Bonchev–Trinajstić information content (AvgIpc) is 2.34. The minimum atomic E-state index is -0.531. The summed E-state index contributed by atoms with van der Waals surface area (Å²) in [5.74, 6) is -1.38. The van der Waals surface area contributed by atoms with Gasteiger partial charge in [0.2, 0.25) is 0 Å². The zero-order valence-electron chi connectivity index (χ0n) is 10.8. The summed E-state index contributed by atoms with van der Waals surface area (Å²) in [6.45, 7) is 2.05. The number of carbonyl (C=O) groups excluding carboxylic acids is 1.